The van der Waals surface area contributed by atoms with Crippen LogP contribution in [-0.2, 0) is 6.54 Å². The van der Waals surface area contributed by atoms with Crippen molar-refractivity contribution in [3.63, 3.8) is 0 Å². The molecule has 1 heterocycles. The highest BCUT2D eigenvalue weighted by Crippen LogP contribution is 2.31. The third kappa shape index (κ3) is 4.32. The largest absolute Gasteiger partial charge is 0.493 e. The van der Waals surface area contributed by atoms with Crippen LogP contribution in [0.1, 0.15) is 19.7 Å². The number of aromatic nitrogens is 2. The summed E-state index contributed by atoms with van der Waals surface area (Å²) >= 11 is 0. The molecule has 23 heavy (non-hydrogen) atoms. The first-order chi connectivity index (χ1) is 11.1. The lowest BCUT2D eigenvalue weighted by atomic mass is 10.2. The monoisotopic (exact) mass is 317 g/mol. The fraction of sp³-hybridized carbons (Fsp3) is 0.412. The van der Waals surface area contributed by atoms with E-state index in [1.165, 1.54) is 0 Å². The van der Waals surface area contributed by atoms with Gasteiger partial charge in [-0.25, -0.2) is 0 Å². The van der Waals surface area contributed by atoms with Crippen molar-refractivity contribution in [3.05, 3.63) is 36.2 Å². The molecule has 2 rings (SSSR count). The third-order valence-electron chi connectivity index (χ3n) is 3.41. The first-order valence-electron chi connectivity index (χ1n) is 7.49. The summed E-state index contributed by atoms with van der Waals surface area (Å²) in [6.07, 6.45) is 0. The van der Waals surface area contributed by atoms with Crippen molar-refractivity contribution in [2.45, 2.75) is 20.4 Å². The second kappa shape index (κ2) is 7.78. The van der Waals surface area contributed by atoms with E-state index in [9.17, 15) is 0 Å². The molecule has 0 aliphatic rings. The van der Waals surface area contributed by atoms with Crippen molar-refractivity contribution >= 4 is 0 Å². The number of rotatable bonds is 8. The molecular weight excluding hydrogens is 294 g/mol. The molecule has 0 aliphatic carbocycles. The van der Waals surface area contributed by atoms with Crippen molar-refractivity contribution < 1.29 is 14.0 Å². The molecule has 0 unspecified atom stereocenters. The zero-order valence-corrected chi connectivity index (χ0v) is 14.1. The number of likely N-dealkylation sites (N-methyl/N-ethyl adjacent to an activating group) is 1. The molecule has 0 atom stereocenters. The highest BCUT2D eigenvalue weighted by atomic mass is 16.5. The van der Waals surface area contributed by atoms with E-state index in [0.29, 0.717) is 29.8 Å². The van der Waals surface area contributed by atoms with Gasteiger partial charge in [-0.3, -0.25) is 4.90 Å². The summed E-state index contributed by atoms with van der Waals surface area (Å²) in [5.41, 5.74) is 1.92. The van der Waals surface area contributed by atoms with Crippen LogP contribution in [0, 0.1) is 0 Å². The van der Waals surface area contributed by atoms with Gasteiger partial charge in [-0.05, 0) is 31.7 Å². The molecule has 0 amide bonds. The van der Waals surface area contributed by atoms with Gasteiger partial charge in [0.25, 0.3) is 0 Å². The van der Waals surface area contributed by atoms with E-state index >= 15 is 0 Å². The fourth-order valence-corrected chi connectivity index (χ4v) is 2.26. The zero-order chi connectivity index (χ0) is 16.8. The number of hydrogen-bond donors (Lipinski definition) is 0. The molecular formula is C17H23N3O3. The molecule has 0 saturated heterocycles. The summed E-state index contributed by atoms with van der Waals surface area (Å²) in [5.74, 6) is 2.41. The second-order valence-corrected chi connectivity index (χ2v) is 5.34. The van der Waals surface area contributed by atoms with E-state index in [1.54, 1.807) is 14.2 Å². The Hall–Kier alpha value is -2.34. The summed E-state index contributed by atoms with van der Waals surface area (Å²) in [5, 5.41) is 4.05. The van der Waals surface area contributed by atoms with Gasteiger partial charge in [0.1, 0.15) is 0 Å². The molecule has 6 heteroatoms. The van der Waals surface area contributed by atoms with Crippen LogP contribution in [0.3, 0.4) is 0 Å². The Morgan fingerprint density at radius 3 is 2.61 bits per heavy atom. The number of nitrogens with zero attached hydrogens (tertiary/aromatic N) is 3. The van der Waals surface area contributed by atoms with Crippen LogP contribution in [0.25, 0.3) is 11.4 Å². The van der Waals surface area contributed by atoms with Crippen molar-refractivity contribution in [3.8, 4) is 22.9 Å². The average molecular weight is 317 g/mol. The molecule has 0 fully saturated rings. The fourth-order valence-electron chi connectivity index (χ4n) is 2.26. The average Bonchev–Trinajstić information content (AvgIpc) is 3.01. The Morgan fingerprint density at radius 2 is 2.00 bits per heavy atom. The Labute approximate surface area is 136 Å². The number of ether oxygens (including phenoxy) is 2. The van der Waals surface area contributed by atoms with Crippen molar-refractivity contribution in [1.29, 1.82) is 0 Å². The molecule has 1 aromatic heterocycles. The predicted molar refractivity (Wildman–Crippen MR) is 88.6 cm³/mol. The maximum atomic E-state index is 5.36. The Balaban J connectivity index is 2.17. The lowest BCUT2D eigenvalue weighted by molar-refractivity contribution is 0.252. The van der Waals surface area contributed by atoms with Gasteiger partial charge in [0.2, 0.25) is 11.7 Å². The summed E-state index contributed by atoms with van der Waals surface area (Å²) in [7, 11) is 3.20. The van der Waals surface area contributed by atoms with Gasteiger partial charge >= 0.3 is 0 Å². The van der Waals surface area contributed by atoms with Crippen LogP contribution >= 0.6 is 0 Å². The van der Waals surface area contributed by atoms with Crippen LogP contribution in [0.5, 0.6) is 11.5 Å². The van der Waals surface area contributed by atoms with E-state index in [4.69, 9.17) is 14.0 Å². The van der Waals surface area contributed by atoms with Crippen LogP contribution in [0.4, 0.5) is 0 Å². The van der Waals surface area contributed by atoms with E-state index in [0.717, 1.165) is 24.2 Å². The lowest BCUT2D eigenvalue weighted by Gasteiger charge is -2.17. The zero-order valence-electron chi connectivity index (χ0n) is 14.1. The number of benzene rings is 1. The maximum absolute atomic E-state index is 5.36. The molecule has 1 aromatic carbocycles. The first kappa shape index (κ1) is 17.0. The van der Waals surface area contributed by atoms with Crippen LogP contribution in [0.15, 0.2) is 34.9 Å². The van der Waals surface area contributed by atoms with Gasteiger partial charge in [0.05, 0.1) is 20.8 Å². The van der Waals surface area contributed by atoms with Gasteiger partial charge < -0.3 is 14.0 Å². The van der Waals surface area contributed by atoms with Crippen LogP contribution < -0.4 is 9.47 Å². The minimum Gasteiger partial charge on any atom is -0.493 e. The molecule has 0 spiro atoms. The summed E-state index contributed by atoms with van der Waals surface area (Å²) in [6, 6.07) is 5.53. The molecule has 2 aromatic rings. The summed E-state index contributed by atoms with van der Waals surface area (Å²) in [6.45, 7) is 10.3. The van der Waals surface area contributed by atoms with E-state index in [1.807, 2.05) is 25.1 Å². The highest BCUT2D eigenvalue weighted by Gasteiger charge is 2.14. The Bertz CT molecular complexity index is 667. The number of methoxy groups -OCH3 is 2. The van der Waals surface area contributed by atoms with Gasteiger partial charge in [-0.1, -0.05) is 24.2 Å². The van der Waals surface area contributed by atoms with Crippen molar-refractivity contribution in [2.24, 2.45) is 0 Å². The molecule has 6 nitrogen and oxygen atoms in total. The van der Waals surface area contributed by atoms with Gasteiger partial charge in [0.15, 0.2) is 11.5 Å². The normalized spacial score (nSPS) is 10.8. The molecule has 124 valence electrons. The van der Waals surface area contributed by atoms with E-state index in [2.05, 4.69) is 28.5 Å². The van der Waals surface area contributed by atoms with Crippen LogP contribution in [0.2, 0.25) is 0 Å². The van der Waals surface area contributed by atoms with E-state index < -0.39 is 0 Å². The Kier molecular flexibility index (Phi) is 5.76. The van der Waals surface area contributed by atoms with Gasteiger partial charge in [-0.2, -0.15) is 4.98 Å². The topological polar surface area (TPSA) is 60.6 Å². The smallest absolute Gasteiger partial charge is 0.241 e. The number of hydrogen-bond acceptors (Lipinski definition) is 6. The third-order valence-corrected chi connectivity index (χ3v) is 3.41. The van der Waals surface area contributed by atoms with E-state index in [-0.39, 0.29) is 0 Å². The summed E-state index contributed by atoms with van der Waals surface area (Å²) < 4.78 is 15.9. The SMILES string of the molecule is C=C(C)CN(CC)Cc1nc(-c2ccc(OC)c(OC)c2)no1. The molecule has 0 N–H and O–H groups in total. The summed E-state index contributed by atoms with van der Waals surface area (Å²) in [4.78, 5) is 6.65. The first-order valence-corrected chi connectivity index (χ1v) is 7.49. The Morgan fingerprint density at radius 1 is 1.26 bits per heavy atom. The minimum atomic E-state index is 0.535. The van der Waals surface area contributed by atoms with Gasteiger partial charge in [-0.15, -0.1) is 0 Å². The maximum Gasteiger partial charge on any atom is 0.241 e. The standard InChI is InChI=1S/C17H23N3O3/c1-6-20(10-12(2)3)11-16-18-17(19-23-16)13-7-8-14(21-4)15(9-13)22-5/h7-9H,2,6,10-11H2,1,3-5H3. The van der Waals surface area contributed by atoms with Crippen molar-refractivity contribution in [2.75, 3.05) is 27.3 Å². The molecule has 0 bridgehead atoms. The second-order valence-electron chi connectivity index (χ2n) is 5.34. The molecule has 0 radical (unpaired) electrons. The lowest BCUT2D eigenvalue weighted by Crippen LogP contribution is -2.24. The minimum absolute atomic E-state index is 0.535. The van der Waals surface area contributed by atoms with Crippen LogP contribution in [-0.4, -0.2) is 42.3 Å². The predicted octanol–water partition coefficient (Wildman–Crippen LogP) is 3.15. The van der Waals surface area contributed by atoms with Gasteiger partial charge in [0, 0.05) is 12.1 Å². The quantitative estimate of drug-likeness (QED) is 0.697. The van der Waals surface area contributed by atoms with Crippen molar-refractivity contribution in [1.82, 2.24) is 15.0 Å². The molecule has 0 saturated carbocycles. The molecule has 0 aliphatic heterocycles. The highest BCUT2D eigenvalue weighted by molar-refractivity contribution is 5.60.